The van der Waals surface area contributed by atoms with Gasteiger partial charge in [-0.2, -0.15) is 5.26 Å². The molecule has 0 radical (unpaired) electrons. The predicted molar refractivity (Wildman–Crippen MR) is 62.5 cm³/mol. The molecule has 2 unspecified atom stereocenters. The van der Waals surface area contributed by atoms with Gasteiger partial charge in [0.15, 0.2) is 0 Å². The van der Waals surface area contributed by atoms with E-state index in [1.165, 1.54) is 25.7 Å². The molecule has 0 aromatic rings. The van der Waals surface area contributed by atoms with Crippen LogP contribution in [0.2, 0.25) is 0 Å². The molecule has 2 atom stereocenters. The summed E-state index contributed by atoms with van der Waals surface area (Å²) in [7, 11) is 2.03. The van der Waals surface area contributed by atoms with Crippen LogP contribution in [0.4, 0.5) is 0 Å². The molecular formula is C12H23N3. The van der Waals surface area contributed by atoms with Crippen molar-refractivity contribution >= 4 is 0 Å². The Bertz CT molecular complexity index is 209. The standard InChI is InChI=1S/C12H23N3/c1-3-4-5-11-8-12(14-2)10-15(9-11)7-6-13/h11-12,14H,3-5,7-10H2,1-2H3. The lowest BCUT2D eigenvalue weighted by molar-refractivity contribution is 0.152. The fraction of sp³-hybridized carbons (Fsp3) is 0.917. The SMILES string of the molecule is CCCCC1CC(NC)CN(CC#N)C1. The maximum atomic E-state index is 8.73. The molecule has 0 saturated carbocycles. The van der Waals surface area contributed by atoms with Crippen molar-refractivity contribution in [2.75, 3.05) is 26.7 Å². The van der Waals surface area contributed by atoms with Crippen LogP contribution in [-0.4, -0.2) is 37.6 Å². The van der Waals surface area contributed by atoms with E-state index in [1.807, 2.05) is 7.05 Å². The largest absolute Gasteiger partial charge is 0.316 e. The van der Waals surface area contributed by atoms with Gasteiger partial charge in [0.1, 0.15) is 0 Å². The van der Waals surface area contributed by atoms with E-state index in [0.29, 0.717) is 12.6 Å². The molecule has 86 valence electrons. The highest BCUT2D eigenvalue weighted by atomic mass is 15.2. The molecule has 1 aliphatic rings. The molecule has 3 nitrogen and oxygen atoms in total. The zero-order valence-electron chi connectivity index (χ0n) is 10.00. The highest BCUT2D eigenvalue weighted by Gasteiger charge is 2.25. The van der Waals surface area contributed by atoms with Crippen molar-refractivity contribution in [1.29, 1.82) is 5.26 Å². The van der Waals surface area contributed by atoms with Crippen LogP contribution in [0, 0.1) is 17.2 Å². The first-order valence-corrected chi connectivity index (χ1v) is 6.06. The van der Waals surface area contributed by atoms with Gasteiger partial charge in [0.25, 0.3) is 0 Å². The maximum absolute atomic E-state index is 8.73. The van der Waals surface area contributed by atoms with Crippen LogP contribution in [0.3, 0.4) is 0 Å². The summed E-state index contributed by atoms with van der Waals surface area (Å²) in [5.41, 5.74) is 0. The number of hydrogen-bond acceptors (Lipinski definition) is 3. The summed E-state index contributed by atoms with van der Waals surface area (Å²) in [4.78, 5) is 2.28. The third-order valence-corrected chi connectivity index (χ3v) is 3.28. The molecule has 1 aliphatic heterocycles. The molecule has 0 bridgehead atoms. The smallest absolute Gasteiger partial charge is 0.0866 e. The van der Waals surface area contributed by atoms with Crippen molar-refractivity contribution in [2.45, 2.75) is 38.6 Å². The highest BCUT2D eigenvalue weighted by Crippen LogP contribution is 2.21. The minimum absolute atomic E-state index is 0.578. The minimum Gasteiger partial charge on any atom is -0.316 e. The van der Waals surface area contributed by atoms with E-state index in [0.717, 1.165) is 19.0 Å². The molecule has 1 fully saturated rings. The first kappa shape index (κ1) is 12.5. The van der Waals surface area contributed by atoms with Crippen molar-refractivity contribution in [2.24, 2.45) is 5.92 Å². The third-order valence-electron chi connectivity index (χ3n) is 3.28. The van der Waals surface area contributed by atoms with E-state index in [-0.39, 0.29) is 0 Å². The summed E-state index contributed by atoms with van der Waals surface area (Å²) in [6.07, 6.45) is 5.19. The second kappa shape index (κ2) is 6.81. The lowest BCUT2D eigenvalue weighted by Crippen LogP contribution is -2.48. The Labute approximate surface area is 93.5 Å². The predicted octanol–water partition coefficient (Wildman–Crippen LogP) is 1.61. The van der Waals surface area contributed by atoms with E-state index in [4.69, 9.17) is 5.26 Å². The third kappa shape index (κ3) is 4.19. The van der Waals surface area contributed by atoms with Crippen LogP contribution in [-0.2, 0) is 0 Å². The van der Waals surface area contributed by atoms with E-state index >= 15 is 0 Å². The molecule has 1 heterocycles. The average molecular weight is 209 g/mol. The Morgan fingerprint density at radius 1 is 1.47 bits per heavy atom. The van der Waals surface area contributed by atoms with Gasteiger partial charge in [-0.25, -0.2) is 0 Å². The van der Waals surface area contributed by atoms with Crippen molar-refractivity contribution in [1.82, 2.24) is 10.2 Å². The second-order valence-corrected chi connectivity index (χ2v) is 4.58. The first-order chi connectivity index (χ1) is 7.30. The molecule has 15 heavy (non-hydrogen) atoms. The number of piperidine rings is 1. The summed E-state index contributed by atoms with van der Waals surface area (Å²) < 4.78 is 0. The Morgan fingerprint density at radius 2 is 2.27 bits per heavy atom. The van der Waals surface area contributed by atoms with Gasteiger partial charge < -0.3 is 5.32 Å². The zero-order chi connectivity index (χ0) is 11.1. The molecular weight excluding hydrogens is 186 g/mol. The topological polar surface area (TPSA) is 39.1 Å². The summed E-state index contributed by atoms with van der Waals surface area (Å²) >= 11 is 0. The molecule has 0 aromatic carbocycles. The van der Waals surface area contributed by atoms with Gasteiger partial charge in [-0.05, 0) is 25.8 Å². The van der Waals surface area contributed by atoms with E-state index in [1.54, 1.807) is 0 Å². The van der Waals surface area contributed by atoms with E-state index < -0.39 is 0 Å². The lowest BCUT2D eigenvalue weighted by atomic mass is 9.90. The summed E-state index contributed by atoms with van der Waals surface area (Å²) in [6, 6.07) is 2.83. The zero-order valence-corrected chi connectivity index (χ0v) is 10.00. The minimum atomic E-state index is 0.578. The van der Waals surface area contributed by atoms with Gasteiger partial charge in [0, 0.05) is 19.1 Å². The molecule has 0 aliphatic carbocycles. The van der Waals surface area contributed by atoms with Crippen molar-refractivity contribution < 1.29 is 0 Å². The van der Waals surface area contributed by atoms with Crippen LogP contribution in [0.15, 0.2) is 0 Å². The highest BCUT2D eigenvalue weighted by molar-refractivity contribution is 4.87. The molecule has 0 amide bonds. The van der Waals surface area contributed by atoms with Gasteiger partial charge in [0.2, 0.25) is 0 Å². The second-order valence-electron chi connectivity index (χ2n) is 4.58. The number of likely N-dealkylation sites (tertiary alicyclic amines) is 1. The molecule has 1 N–H and O–H groups in total. The van der Waals surface area contributed by atoms with E-state index in [9.17, 15) is 0 Å². The van der Waals surface area contributed by atoms with Crippen molar-refractivity contribution in [3.63, 3.8) is 0 Å². The van der Waals surface area contributed by atoms with Crippen molar-refractivity contribution in [3.8, 4) is 6.07 Å². The van der Waals surface area contributed by atoms with Gasteiger partial charge in [-0.15, -0.1) is 0 Å². The number of nitrogens with one attached hydrogen (secondary N) is 1. The van der Waals surface area contributed by atoms with Gasteiger partial charge in [0.05, 0.1) is 12.6 Å². The Kier molecular flexibility index (Phi) is 5.67. The number of hydrogen-bond donors (Lipinski definition) is 1. The fourth-order valence-corrected chi connectivity index (χ4v) is 2.44. The Hall–Kier alpha value is -0.590. The molecule has 0 aromatic heterocycles. The van der Waals surface area contributed by atoms with Gasteiger partial charge in [-0.3, -0.25) is 4.90 Å². The maximum Gasteiger partial charge on any atom is 0.0866 e. The number of nitriles is 1. The van der Waals surface area contributed by atoms with Crippen LogP contribution >= 0.6 is 0 Å². The summed E-state index contributed by atoms with van der Waals surface area (Å²) in [5.74, 6) is 0.782. The normalized spacial score (nSPS) is 27.5. The number of likely N-dealkylation sites (N-methyl/N-ethyl adjacent to an activating group) is 1. The van der Waals surface area contributed by atoms with Gasteiger partial charge in [-0.1, -0.05) is 19.8 Å². The van der Waals surface area contributed by atoms with Crippen LogP contribution in [0.25, 0.3) is 0 Å². The monoisotopic (exact) mass is 209 g/mol. The Balaban J connectivity index is 2.40. The van der Waals surface area contributed by atoms with Gasteiger partial charge >= 0.3 is 0 Å². The number of rotatable bonds is 5. The fourth-order valence-electron chi connectivity index (χ4n) is 2.44. The first-order valence-electron chi connectivity index (χ1n) is 6.06. The summed E-state index contributed by atoms with van der Waals surface area (Å²) in [6.45, 7) is 4.98. The molecule has 1 saturated heterocycles. The molecule has 3 heteroatoms. The van der Waals surface area contributed by atoms with Crippen LogP contribution < -0.4 is 5.32 Å². The lowest BCUT2D eigenvalue weighted by Gasteiger charge is -2.36. The van der Waals surface area contributed by atoms with E-state index in [2.05, 4.69) is 23.2 Å². The molecule has 1 rings (SSSR count). The number of unbranched alkanes of at least 4 members (excludes halogenated alkanes) is 1. The molecule has 0 spiro atoms. The number of nitrogens with zero attached hydrogens (tertiary/aromatic N) is 2. The average Bonchev–Trinajstić information content (AvgIpc) is 2.26. The van der Waals surface area contributed by atoms with Crippen LogP contribution in [0.5, 0.6) is 0 Å². The summed E-state index contributed by atoms with van der Waals surface area (Å²) in [5, 5.41) is 12.1. The Morgan fingerprint density at radius 3 is 2.87 bits per heavy atom. The quantitative estimate of drug-likeness (QED) is 0.699. The van der Waals surface area contributed by atoms with Crippen molar-refractivity contribution in [3.05, 3.63) is 0 Å². The van der Waals surface area contributed by atoms with Crippen LogP contribution in [0.1, 0.15) is 32.6 Å².